The number of carbonyl (C=O) groups is 2. The van der Waals surface area contributed by atoms with Gasteiger partial charge in [-0.05, 0) is 25.3 Å². The van der Waals surface area contributed by atoms with Crippen LogP contribution in [0.5, 0.6) is 5.88 Å². The maximum Gasteiger partial charge on any atom is 0.254 e. The number of amides is 1. The summed E-state index contributed by atoms with van der Waals surface area (Å²) in [6.45, 7) is 1.81. The third-order valence-corrected chi connectivity index (χ3v) is 4.37. The third-order valence-electron chi connectivity index (χ3n) is 3.83. The molecule has 1 N–H and O–H groups in total. The minimum atomic E-state index is -1.22. The third kappa shape index (κ3) is 4.95. The van der Waals surface area contributed by atoms with Crippen LogP contribution in [0.4, 0.5) is 0 Å². The van der Waals surface area contributed by atoms with Gasteiger partial charge in [0.2, 0.25) is 17.9 Å². The molecule has 0 spiro atoms. The van der Waals surface area contributed by atoms with Crippen molar-refractivity contribution in [1.82, 2.24) is 15.3 Å². The maximum atomic E-state index is 13.0. The lowest BCUT2D eigenvalue weighted by Gasteiger charge is -2.19. The van der Waals surface area contributed by atoms with Crippen molar-refractivity contribution >= 4 is 23.5 Å². The van der Waals surface area contributed by atoms with Gasteiger partial charge < -0.3 is 10.1 Å². The van der Waals surface area contributed by atoms with Crippen molar-refractivity contribution in [3.8, 4) is 5.88 Å². The molecule has 6 nitrogen and oxygen atoms in total. The number of hydrogen-bond donors (Lipinski definition) is 1. The second-order valence-corrected chi connectivity index (χ2v) is 6.68. The van der Waals surface area contributed by atoms with E-state index < -0.39 is 12.1 Å². The fourth-order valence-electron chi connectivity index (χ4n) is 2.48. The van der Waals surface area contributed by atoms with Crippen molar-refractivity contribution in [1.29, 1.82) is 0 Å². The number of benzene rings is 2. The van der Waals surface area contributed by atoms with E-state index in [4.69, 9.17) is 4.74 Å². The Kier molecular flexibility index (Phi) is 6.39. The summed E-state index contributed by atoms with van der Waals surface area (Å²) in [6.07, 6.45) is 0.626. The Bertz CT molecular complexity index is 965. The van der Waals surface area contributed by atoms with Gasteiger partial charge in [-0.2, -0.15) is 4.98 Å². The van der Waals surface area contributed by atoms with Gasteiger partial charge in [-0.15, -0.1) is 0 Å². The van der Waals surface area contributed by atoms with Crippen LogP contribution >= 0.6 is 11.8 Å². The minimum Gasteiger partial charge on any atom is -0.446 e. The van der Waals surface area contributed by atoms with Gasteiger partial charge in [-0.3, -0.25) is 9.59 Å². The Hall–Kier alpha value is -3.19. The fraction of sp³-hybridized carbons (Fsp3) is 0.143. The number of thioether (sulfide) groups is 1. The number of carbonyl (C=O) groups excluding carboxylic acids is 2. The van der Waals surface area contributed by atoms with Crippen molar-refractivity contribution in [2.75, 3.05) is 6.26 Å². The average molecular weight is 393 g/mol. The lowest BCUT2D eigenvalue weighted by Crippen LogP contribution is -2.45. The summed E-state index contributed by atoms with van der Waals surface area (Å²) >= 11 is 1.37. The molecule has 1 heterocycles. The molecule has 0 unspecified atom stereocenters. The molecular weight excluding hydrogens is 374 g/mol. The highest BCUT2D eigenvalue weighted by Crippen LogP contribution is 2.17. The molecule has 3 aromatic rings. The SMILES string of the molecule is CSc1nc(C)cc(O[C@H](NC(=O)c2ccccc2)C(=O)c2ccccc2)n1. The quantitative estimate of drug-likeness (QED) is 0.286. The van der Waals surface area contributed by atoms with Crippen LogP contribution in [0, 0.1) is 6.92 Å². The van der Waals surface area contributed by atoms with E-state index in [2.05, 4.69) is 15.3 Å². The van der Waals surface area contributed by atoms with Gasteiger partial charge >= 0.3 is 0 Å². The molecule has 0 radical (unpaired) electrons. The van der Waals surface area contributed by atoms with Gasteiger partial charge in [-0.25, -0.2) is 4.98 Å². The van der Waals surface area contributed by atoms with E-state index in [0.717, 1.165) is 0 Å². The molecule has 0 saturated heterocycles. The highest BCUT2D eigenvalue weighted by atomic mass is 32.2. The molecule has 0 bridgehead atoms. The molecule has 28 heavy (non-hydrogen) atoms. The molecule has 142 valence electrons. The Morgan fingerprint density at radius 3 is 2.18 bits per heavy atom. The number of ketones is 1. The molecule has 0 aliphatic rings. The molecule has 2 aromatic carbocycles. The molecule has 3 rings (SSSR count). The average Bonchev–Trinajstić information content (AvgIpc) is 2.73. The highest BCUT2D eigenvalue weighted by molar-refractivity contribution is 7.98. The molecule has 0 fully saturated rings. The molecule has 1 atom stereocenters. The van der Waals surface area contributed by atoms with Crippen molar-refractivity contribution in [3.63, 3.8) is 0 Å². The number of ether oxygens (including phenoxy) is 1. The van der Waals surface area contributed by atoms with Gasteiger partial charge in [0.05, 0.1) is 0 Å². The zero-order valence-electron chi connectivity index (χ0n) is 15.5. The minimum absolute atomic E-state index is 0.222. The van der Waals surface area contributed by atoms with Crippen LogP contribution in [0.25, 0.3) is 0 Å². The largest absolute Gasteiger partial charge is 0.446 e. The Morgan fingerprint density at radius 2 is 1.57 bits per heavy atom. The lowest BCUT2D eigenvalue weighted by molar-refractivity contribution is 0.0648. The lowest BCUT2D eigenvalue weighted by atomic mass is 10.1. The summed E-state index contributed by atoms with van der Waals surface area (Å²) in [4.78, 5) is 34.1. The molecule has 0 saturated carbocycles. The first-order chi connectivity index (χ1) is 13.6. The van der Waals surface area contributed by atoms with Gasteiger partial charge in [0.25, 0.3) is 5.91 Å². The maximum absolute atomic E-state index is 13.0. The summed E-state index contributed by atoms with van der Waals surface area (Å²) in [5.74, 6) is -0.558. The molecular formula is C21H19N3O3S. The monoisotopic (exact) mass is 393 g/mol. The molecule has 7 heteroatoms. The van der Waals surface area contributed by atoms with Crippen molar-refractivity contribution < 1.29 is 14.3 Å². The van der Waals surface area contributed by atoms with Crippen LogP contribution in [0.3, 0.4) is 0 Å². The smallest absolute Gasteiger partial charge is 0.254 e. The zero-order valence-corrected chi connectivity index (χ0v) is 16.3. The first-order valence-electron chi connectivity index (χ1n) is 8.58. The highest BCUT2D eigenvalue weighted by Gasteiger charge is 2.25. The Balaban J connectivity index is 1.89. The second-order valence-electron chi connectivity index (χ2n) is 5.90. The van der Waals surface area contributed by atoms with Crippen LogP contribution in [0.1, 0.15) is 26.4 Å². The van der Waals surface area contributed by atoms with Crippen LogP contribution in [-0.2, 0) is 0 Å². The number of aromatic nitrogens is 2. The van der Waals surface area contributed by atoms with E-state index in [-0.39, 0.29) is 11.7 Å². The van der Waals surface area contributed by atoms with E-state index in [1.807, 2.05) is 25.3 Å². The van der Waals surface area contributed by atoms with E-state index in [1.165, 1.54) is 11.8 Å². The number of nitrogens with zero attached hydrogens (tertiary/aromatic N) is 2. The number of rotatable bonds is 7. The normalized spacial score (nSPS) is 11.5. The topological polar surface area (TPSA) is 81.2 Å². The van der Waals surface area contributed by atoms with Crippen LogP contribution in [0.2, 0.25) is 0 Å². The zero-order chi connectivity index (χ0) is 19.9. The molecule has 1 aromatic heterocycles. The summed E-state index contributed by atoms with van der Waals surface area (Å²) in [5.41, 5.74) is 1.56. The second kappa shape index (κ2) is 9.14. The van der Waals surface area contributed by atoms with E-state index >= 15 is 0 Å². The number of nitrogens with one attached hydrogen (secondary N) is 1. The Labute approximate surface area is 167 Å². The number of aryl methyl sites for hydroxylation is 1. The molecule has 1 amide bonds. The van der Waals surface area contributed by atoms with Crippen LogP contribution in [-0.4, -0.2) is 34.1 Å². The van der Waals surface area contributed by atoms with E-state index in [0.29, 0.717) is 22.0 Å². The summed E-state index contributed by atoms with van der Waals surface area (Å²) < 4.78 is 5.80. The predicted molar refractivity (Wildman–Crippen MR) is 108 cm³/mol. The predicted octanol–water partition coefficient (Wildman–Crippen LogP) is 3.52. The summed E-state index contributed by atoms with van der Waals surface area (Å²) in [5, 5.41) is 3.18. The first kappa shape index (κ1) is 19.6. The molecule has 0 aliphatic carbocycles. The van der Waals surface area contributed by atoms with Crippen molar-refractivity contribution in [3.05, 3.63) is 83.6 Å². The van der Waals surface area contributed by atoms with Gasteiger partial charge in [0.1, 0.15) is 0 Å². The van der Waals surface area contributed by atoms with Crippen molar-refractivity contribution in [2.24, 2.45) is 0 Å². The van der Waals surface area contributed by atoms with E-state index in [9.17, 15) is 9.59 Å². The fourth-order valence-corrected chi connectivity index (χ4v) is 2.90. The van der Waals surface area contributed by atoms with Crippen LogP contribution < -0.4 is 10.1 Å². The van der Waals surface area contributed by atoms with Crippen molar-refractivity contribution in [2.45, 2.75) is 18.3 Å². The number of hydrogen-bond acceptors (Lipinski definition) is 6. The van der Waals surface area contributed by atoms with Gasteiger partial charge in [-0.1, -0.05) is 60.3 Å². The molecule has 0 aliphatic heterocycles. The first-order valence-corrected chi connectivity index (χ1v) is 9.81. The van der Waals surface area contributed by atoms with E-state index in [1.54, 1.807) is 54.6 Å². The van der Waals surface area contributed by atoms with Gasteiger partial charge in [0.15, 0.2) is 5.16 Å². The van der Waals surface area contributed by atoms with Gasteiger partial charge in [0, 0.05) is 22.9 Å². The summed E-state index contributed by atoms with van der Waals surface area (Å²) in [7, 11) is 0. The summed E-state index contributed by atoms with van der Waals surface area (Å²) in [6, 6.07) is 18.9. The number of Topliss-reactive ketones (excluding diaryl/α,β-unsaturated/α-hetero) is 1. The van der Waals surface area contributed by atoms with Crippen LogP contribution in [0.15, 0.2) is 71.9 Å². The Morgan fingerprint density at radius 1 is 0.964 bits per heavy atom. The standard InChI is InChI=1S/C21H19N3O3S/c1-14-13-17(23-21(22-14)28-2)27-20(18(25)15-9-5-3-6-10-15)24-19(26)16-11-7-4-8-12-16/h3-13,20H,1-2H3,(H,24,26)/t20-/m0/s1.